The lowest BCUT2D eigenvalue weighted by Crippen LogP contribution is -2.27. The van der Waals surface area contributed by atoms with E-state index in [0.717, 1.165) is 6.26 Å². The van der Waals surface area contributed by atoms with Crippen LogP contribution in [0.4, 0.5) is 0 Å². The quantitative estimate of drug-likeness (QED) is 0.471. The molecule has 8 nitrogen and oxygen atoms in total. The highest BCUT2D eigenvalue weighted by atomic mass is 35.5. The summed E-state index contributed by atoms with van der Waals surface area (Å²) in [5.74, 6) is 5.79. The Morgan fingerprint density at radius 2 is 2.17 bits per heavy atom. The molecule has 0 spiro atoms. The molecule has 0 saturated carbocycles. The summed E-state index contributed by atoms with van der Waals surface area (Å²) < 4.78 is 31.8. The van der Waals surface area contributed by atoms with Gasteiger partial charge in [-0.3, -0.25) is 4.79 Å². The largest absolute Gasteiger partial charge is 0.476 e. The summed E-state index contributed by atoms with van der Waals surface area (Å²) in [6, 6.07) is 0.540. The molecule has 0 amide bonds. The first-order valence-corrected chi connectivity index (χ1v) is 11.3. The number of rotatable bonds is 7. The van der Waals surface area contributed by atoms with E-state index in [1.807, 2.05) is 0 Å². The molecule has 2 aromatic heterocycles. The van der Waals surface area contributed by atoms with Crippen molar-refractivity contribution in [3.63, 3.8) is 0 Å². The smallest absolute Gasteiger partial charge is 0.227 e. The van der Waals surface area contributed by atoms with Crippen LogP contribution < -0.4 is 14.9 Å². The number of hydrogen-bond acceptors (Lipinski definition) is 6. The number of aliphatic hydroxyl groups is 1. The summed E-state index contributed by atoms with van der Waals surface area (Å²) >= 11 is 12.8. The van der Waals surface area contributed by atoms with Gasteiger partial charge in [0, 0.05) is 18.3 Å². The highest BCUT2D eigenvalue weighted by molar-refractivity contribution is 7.88. The zero-order valence-corrected chi connectivity index (χ0v) is 18.1. The summed E-state index contributed by atoms with van der Waals surface area (Å²) in [6.07, 6.45) is 7.29. The van der Waals surface area contributed by atoms with E-state index in [9.17, 15) is 18.3 Å². The van der Waals surface area contributed by atoms with E-state index in [2.05, 4.69) is 21.5 Å². The number of ether oxygens (including phenoxy) is 1. The lowest BCUT2D eigenvalue weighted by atomic mass is 10.1. The molecule has 1 unspecified atom stereocenters. The minimum atomic E-state index is -3.38. The molecule has 0 fully saturated rings. The van der Waals surface area contributed by atoms with Crippen molar-refractivity contribution in [3.05, 3.63) is 56.5 Å². The minimum absolute atomic E-state index is 0.0120. The van der Waals surface area contributed by atoms with Crippen LogP contribution in [-0.2, 0) is 16.6 Å². The molecular formula is C19H17Cl2N3O5S. The number of sulfonamides is 1. The van der Waals surface area contributed by atoms with Crippen LogP contribution in [0.5, 0.6) is 5.88 Å². The number of nitrogens with one attached hydrogen (secondary N) is 1. The number of aliphatic hydroxyl groups excluding tert-OH is 1. The van der Waals surface area contributed by atoms with Gasteiger partial charge in [0.1, 0.15) is 18.0 Å². The first kappa shape index (κ1) is 22.3. The highest BCUT2D eigenvalue weighted by Gasteiger charge is 2.23. The molecular weight excluding hydrogens is 453 g/mol. The fourth-order valence-electron chi connectivity index (χ4n) is 2.92. The maximum Gasteiger partial charge on any atom is 0.227 e. The Balaban J connectivity index is 2.16. The number of fused-ring (bicyclic) bond motifs is 1. The van der Waals surface area contributed by atoms with Crippen LogP contribution in [0.2, 0.25) is 5.02 Å². The standard InChI is InChI=1S/C19H17Cl2N3O5S/c1-30(27,28)23-7-8-29-19-17-16(26)9-12(11-25)24(18(17)14(21)10-22-19)15-6-4-2-3-5-13(15)20/h2-3,5,9-10,15,23,25H,7-8,11H2,1H3. The van der Waals surface area contributed by atoms with Gasteiger partial charge in [-0.1, -0.05) is 41.1 Å². The molecule has 0 aliphatic heterocycles. The van der Waals surface area contributed by atoms with Crippen LogP contribution in [0.1, 0.15) is 11.7 Å². The predicted octanol–water partition coefficient (Wildman–Crippen LogP) is 1.71. The maximum absolute atomic E-state index is 12.8. The summed E-state index contributed by atoms with van der Waals surface area (Å²) in [6.45, 7) is -0.526. The second kappa shape index (κ2) is 9.20. The van der Waals surface area contributed by atoms with Crippen molar-refractivity contribution < 1.29 is 18.3 Å². The molecule has 1 aliphatic carbocycles. The molecule has 0 saturated heterocycles. The van der Waals surface area contributed by atoms with Crippen LogP contribution in [0.25, 0.3) is 10.9 Å². The van der Waals surface area contributed by atoms with Gasteiger partial charge in [0.2, 0.25) is 15.9 Å². The first-order chi connectivity index (χ1) is 14.2. The molecule has 2 aromatic rings. The molecule has 2 heterocycles. The summed E-state index contributed by atoms with van der Waals surface area (Å²) in [7, 11) is -3.38. The van der Waals surface area contributed by atoms with Crippen LogP contribution in [0, 0.1) is 11.8 Å². The van der Waals surface area contributed by atoms with E-state index in [0.29, 0.717) is 5.03 Å². The van der Waals surface area contributed by atoms with Gasteiger partial charge in [0.25, 0.3) is 0 Å². The lowest BCUT2D eigenvalue weighted by Gasteiger charge is -2.22. The zero-order chi connectivity index (χ0) is 21.9. The predicted molar refractivity (Wildman–Crippen MR) is 115 cm³/mol. The molecule has 0 bridgehead atoms. The van der Waals surface area contributed by atoms with E-state index in [1.165, 1.54) is 12.3 Å². The fourth-order valence-corrected chi connectivity index (χ4v) is 3.83. The van der Waals surface area contributed by atoms with Gasteiger partial charge >= 0.3 is 0 Å². The van der Waals surface area contributed by atoms with Gasteiger partial charge in [-0.15, -0.1) is 0 Å². The Morgan fingerprint density at radius 3 is 2.87 bits per heavy atom. The van der Waals surface area contributed by atoms with Crippen molar-refractivity contribution in [1.29, 1.82) is 0 Å². The molecule has 11 heteroatoms. The minimum Gasteiger partial charge on any atom is -0.476 e. The Bertz CT molecular complexity index is 1270. The van der Waals surface area contributed by atoms with Crippen LogP contribution in [0.15, 0.2) is 40.3 Å². The Morgan fingerprint density at radius 1 is 1.40 bits per heavy atom. The Hall–Kier alpha value is -2.35. The molecule has 0 radical (unpaired) electrons. The molecule has 30 heavy (non-hydrogen) atoms. The van der Waals surface area contributed by atoms with Gasteiger partial charge in [0.15, 0.2) is 5.43 Å². The maximum atomic E-state index is 12.8. The van der Waals surface area contributed by atoms with Gasteiger partial charge in [-0.05, 0) is 12.2 Å². The zero-order valence-electron chi connectivity index (χ0n) is 15.7. The highest BCUT2D eigenvalue weighted by Crippen LogP contribution is 2.33. The van der Waals surface area contributed by atoms with E-state index in [4.69, 9.17) is 27.9 Å². The number of hydrogen-bond donors (Lipinski definition) is 2. The summed E-state index contributed by atoms with van der Waals surface area (Å²) in [5.41, 5.74) is 0.0475. The third-order valence-electron chi connectivity index (χ3n) is 4.11. The molecule has 0 aromatic carbocycles. The normalized spacial score (nSPS) is 16.0. The first-order valence-electron chi connectivity index (χ1n) is 8.67. The molecule has 3 rings (SSSR count). The van der Waals surface area contributed by atoms with Gasteiger partial charge in [0.05, 0.1) is 34.6 Å². The monoisotopic (exact) mass is 469 g/mol. The van der Waals surface area contributed by atoms with Gasteiger partial charge < -0.3 is 14.4 Å². The average Bonchev–Trinajstić information content (AvgIpc) is 2.90. The summed E-state index contributed by atoms with van der Waals surface area (Å²) in [4.78, 5) is 16.9. The van der Waals surface area contributed by atoms with Crippen molar-refractivity contribution in [3.8, 4) is 17.7 Å². The van der Waals surface area contributed by atoms with Gasteiger partial charge in [-0.2, -0.15) is 0 Å². The van der Waals surface area contributed by atoms with Crippen molar-refractivity contribution in [1.82, 2.24) is 14.3 Å². The fraction of sp³-hybridized carbons (Fsp3) is 0.263. The average molecular weight is 470 g/mol. The molecule has 1 atom stereocenters. The molecule has 2 N–H and O–H groups in total. The van der Waals surface area contributed by atoms with Crippen LogP contribution >= 0.6 is 23.2 Å². The van der Waals surface area contributed by atoms with Gasteiger partial charge in [-0.25, -0.2) is 18.1 Å². The number of nitrogens with zero attached hydrogens (tertiary/aromatic N) is 2. The Kier molecular flexibility index (Phi) is 6.85. The molecule has 1 aliphatic rings. The van der Waals surface area contributed by atoms with Crippen molar-refractivity contribution >= 4 is 44.1 Å². The lowest BCUT2D eigenvalue weighted by molar-refractivity contribution is 0.270. The number of halogens is 2. The summed E-state index contributed by atoms with van der Waals surface area (Å²) in [5, 5.41) is 10.4. The van der Waals surface area contributed by atoms with E-state index in [-0.39, 0.29) is 40.7 Å². The van der Waals surface area contributed by atoms with Crippen molar-refractivity contribution in [2.24, 2.45) is 0 Å². The van der Waals surface area contributed by atoms with E-state index < -0.39 is 28.1 Å². The molecule has 158 valence electrons. The number of pyridine rings is 2. The topological polar surface area (TPSA) is 111 Å². The van der Waals surface area contributed by atoms with Crippen molar-refractivity contribution in [2.75, 3.05) is 19.4 Å². The SMILES string of the molecule is CS(=O)(=O)NCCOc1ncc(Cl)c2c1c(=O)cc(CO)n2C1C#CC=CC=C1Cl. The van der Waals surface area contributed by atoms with E-state index in [1.54, 1.807) is 22.8 Å². The van der Waals surface area contributed by atoms with E-state index >= 15 is 0 Å². The van der Waals surface area contributed by atoms with Crippen LogP contribution in [0.3, 0.4) is 0 Å². The van der Waals surface area contributed by atoms with Crippen molar-refractivity contribution in [2.45, 2.75) is 12.6 Å². The third-order valence-corrected chi connectivity index (χ3v) is 5.45. The second-order valence-electron chi connectivity index (χ2n) is 6.28. The number of allylic oxidation sites excluding steroid dienone is 4. The Labute approximate surface area is 182 Å². The second-order valence-corrected chi connectivity index (χ2v) is 8.96. The number of aromatic nitrogens is 2. The van der Waals surface area contributed by atoms with Crippen LogP contribution in [-0.4, -0.2) is 42.5 Å². The third kappa shape index (κ3) is 4.86.